The highest BCUT2D eigenvalue weighted by molar-refractivity contribution is 5.85. The number of benzene rings is 1. The van der Waals surface area contributed by atoms with Crippen LogP contribution in [0.4, 0.5) is 0 Å². The third kappa shape index (κ3) is 5.44. The number of halogens is 1. The van der Waals surface area contributed by atoms with Crippen molar-refractivity contribution in [2.45, 2.75) is 32.7 Å². The van der Waals surface area contributed by atoms with Crippen LogP contribution in [0.3, 0.4) is 0 Å². The highest BCUT2D eigenvalue weighted by Crippen LogP contribution is 2.25. The van der Waals surface area contributed by atoms with Gasteiger partial charge in [0, 0.05) is 29.8 Å². The molecule has 0 atom stereocenters. The largest absolute Gasteiger partial charge is 0.493 e. The van der Waals surface area contributed by atoms with Crippen LogP contribution in [0.2, 0.25) is 0 Å². The summed E-state index contributed by atoms with van der Waals surface area (Å²) < 4.78 is 11.0. The van der Waals surface area contributed by atoms with Crippen molar-refractivity contribution < 1.29 is 9.47 Å². The molecule has 0 aliphatic carbocycles. The van der Waals surface area contributed by atoms with Crippen LogP contribution >= 0.6 is 12.4 Å². The number of nitrogens with zero attached hydrogens (tertiary/aromatic N) is 1. The lowest BCUT2D eigenvalue weighted by molar-refractivity contribution is 0.292. The zero-order valence-electron chi connectivity index (χ0n) is 14.2. The highest BCUT2D eigenvalue weighted by atomic mass is 35.5. The molecule has 1 aromatic carbocycles. The summed E-state index contributed by atoms with van der Waals surface area (Å²) in [5.41, 5.74) is 2.44. The molecule has 2 rings (SSSR count). The molecule has 1 heterocycles. The lowest BCUT2D eigenvalue weighted by Crippen LogP contribution is -2.23. The van der Waals surface area contributed by atoms with E-state index in [0.717, 1.165) is 24.6 Å². The molecular weight excluding hydrogens is 314 g/mol. The second-order valence-corrected chi connectivity index (χ2v) is 6.20. The fraction of sp³-hybridized carbons (Fsp3) is 0.471. The second kappa shape index (κ2) is 8.79. The number of hydrogen-bond acceptors (Lipinski definition) is 4. The summed E-state index contributed by atoms with van der Waals surface area (Å²) in [5.74, 6) is 1.53. The van der Waals surface area contributed by atoms with E-state index >= 15 is 0 Å². The van der Waals surface area contributed by atoms with Crippen LogP contribution < -0.4 is 14.8 Å². The quantitative estimate of drug-likeness (QED) is 0.760. The molecule has 0 spiro atoms. The minimum Gasteiger partial charge on any atom is -0.493 e. The maximum atomic E-state index is 5.73. The first-order chi connectivity index (χ1) is 10.5. The van der Waals surface area contributed by atoms with Crippen molar-refractivity contribution in [3.05, 3.63) is 41.7 Å². The van der Waals surface area contributed by atoms with E-state index < -0.39 is 0 Å². The molecule has 0 aliphatic rings. The fourth-order valence-corrected chi connectivity index (χ4v) is 2.29. The summed E-state index contributed by atoms with van der Waals surface area (Å²) >= 11 is 0. The van der Waals surface area contributed by atoms with Crippen LogP contribution in [0.15, 0.2) is 30.5 Å². The molecule has 6 heteroatoms. The van der Waals surface area contributed by atoms with Gasteiger partial charge in [-0.3, -0.25) is 5.10 Å². The van der Waals surface area contributed by atoms with Crippen molar-refractivity contribution in [3.63, 3.8) is 0 Å². The molecule has 23 heavy (non-hydrogen) atoms. The van der Waals surface area contributed by atoms with Gasteiger partial charge >= 0.3 is 0 Å². The lowest BCUT2D eigenvalue weighted by Gasteiger charge is -2.18. The van der Waals surface area contributed by atoms with Crippen LogP contribution in [0.1, 0.15) is 32.0 Å². The number of aromatic amines is 1. The lowest BCUT2D eigenvalue weighted by atomic mass is 9.89. The molecule has 0 saturated carbocycles. The Hall–Kier alpha value is -1.72. The Kier molecular flexibility index (Phi) is 7.39. The van der Waals surface area contributed by atoms with Gasteiger partial charge < -0.3 is 14.8 Å². The van der Waals surface area contributed by atoms with Gasteiger partial charge in [-0.1, -0.05) is 32.9 Å². The summed E-state index contributed by atoms with van der Waals surface area (Å²) in [6, 6.07) is 7.67. The van der Waals surface area contributed by atoms with Crippen molar-refractivity contribution in [1.82, 2.24) is 15.5 Å². The molecule has 0 bridgehead atoms. The molecule has 2 N–H and O–H groups in total. The summed E-state index contributed by atoms with van der Waals surface area (Å²) in [6.07, 6.45) is 1.88. The number of ether oxygens (including phenoxy) is 2. The number of nitrogens with one attached hydrogen (secondary N) is 2. The van der Waals surface area contributed by atoms with E-state index in [1.54, 1.807) is 7.11 Å². The predicted molar refractivity (Wildman–Crippen MR) is 94.7 cm³/mol. The molecule has 0 saturated heterocycles. The van der Waals surface area contributed by atoms with Crippen molar-refractivity contribution in [1.29, 1.82) is 0 Å². The van der Waals surface area contributed by atoms with Crippen molar-refractivity contribution in [2.24, 2.45) is 0 Å². The zero-order chi connectivity index (χ0) is 16.0. The third-order valence-corrected chi connectivity index (χ3v) is 3.39. The van der Waals surface area contributed by atoms with Gasteiger partial charge in [0.25, 0.3) is 0 Å². The molecule has 0 fully saturated rings. The summed E-state index contributed by atoms with van der Waals surface area (Å²) in [5, 5.41) is 10.6. The first kappa shape index (κ1) is 19.3. The summed E-state index contributed by atoms with van der Waals surface area (Å²) in [7, 11) is 1.65. The highest BCUT2D eigenvalue weighted by Gasteiger charge is 2.19. The minimum atomic E-state index is 0. The molecule has 0 aliphatic heterocycles. The maximum Gasteiger partial charge on any atom is 0.161 e. The van der Waals surface area contributed by atoms with E-state index in [1.165, 1.54) is 11.3 Å². The topological polar surface area (TPSA) is 59.2 Å². The Labute approximate surface area is 144 Å². The fourth-order valence-electron chi connectivity index (χ4n) is 2.29. The SMILES string of the molecule is COc1ccccc1OCCNCc1cn[nH]c1C(C)(C)C.Cl. The number of hydrogen-bond donors (Lipinski definition) is 2. The van der Waals surface area contributed by atoms with Crippen LogP contribution in [0.5, 0.6) is 11.5 Å². The van der Waals surface area contributed by atoms with Crippen LogP contribution in [0, 0.1) is 0 Å². The summed E-state index contributed by atoms with van der Waals surface area (Å²) in [6.45, 7) is 8.65. The van der Waals surface area contributed by atoms with E-state index in [-0.39, 0.29) is 17.8 Å². The van der Waals surface area contributed by atoms with E-state index in [2.05, 4.69) is 36.3 Å². The van der Waals surface area contributed by atoms with Gasteiger partial charge in [0.05, 0.1) is 13.3 Å². The van der Waals surface area contributed by atoms with Crippen LogP contribution in [-0.2, 0) is 12.0 Å². The number of aromatic nitrogens is 2. The Balaban J connectivity index is 0.00000264. The van der Waals surface area contributed by atoms with Crippen LogP contribution in [0.25, 0.3) is 0 Å². The Morgan fingerprint density at radius 3 is 2.52 bits per heavy atom. The number of H-pyrrole nitrogens is 1. The van der Waals surface area contributed by atoms with Gasteiger partial charge in [0.1, 0.15) is 6.61 Å². The zero-order valence-corrected chi connectivity index (χ0v) is 15.0. The molecule has 128 valence electrons. The van der Waals surface area contributed by atoms with E-state index in [9.17, 15) is 0 Å². The molecule has 0 radical (unpaired) electrons. The van der Waals surface area contributed by atoms with Gasteiger partial charge in [-0.2, -0.15) is 5.10 Å². The number of para-hydroxylation sites is 2. The monoisotopic (exact) mass is 339 g/mol. The molecule has 5 nitrogen and oxygen atoms in total. The van der Waals surface area contributed by atoms with Gasteiger partial charge in [-0.15, -0.1) is 12.4 Å². The minimum absolute atomic E-state index is 0. The first-order valence-corrected chi connectivity index (χ1v) is 7.51. The molecule has 0 unspecified atom stereocenters. The van der Waals surface area contributed by atoms with Gasteiger partial charge in [-0.25, -0.2) is 0 Å². The molecule has 2 aromatic rings. The standard InChI is InChI=1S/C17H25N3O2.ClH/c1-17(2,3)16-13(12-19-20-16)11-18-9-10-22-15-8-6-5-7-14(15)21-4;/h5-8,12,18H,9-11H2,1-4H3,(H,19,20);1H. The molecule has 1 aromatic heterocycles. The third-order valence-electron chi connectivity index (χ3n) is 3.39. The van der Waals surface area contributed by atoms with Gasteiger partial charge in [0.15, 0.2) is 11.5 Å². The second-order valence-electron chi connectivity index (χ2n) is 6.20. The molecule has 0 amide bonds. The van der Waals surface area contributed by atoms with Crippen molar-refractivity contribution in [2.75, 3.05) is 20.3 Å². The van der Waals surface area contributed by atoms with Gasteiger partial charge in [-0.05, 0) is 12.1 Å². The predicted octanol–water partition coefficient (Wildman–Crippen LogP) is 3.31. The first-order valence-electron chi connectivity index (χ1n) is 7.51. The average Bonchev–Trinajstić information content (AvgIpc) is 2.96. The van der Waals surface area contributed by atoms with Gasteiger partial charge in [0.2, 0.25) is 0 Å². The van der Waals surface area contributed by atoms with Crippen LogP contribution in [-0.4, -0.2) is 30.5 Å². The maximum absolute atomic E-state index is 5.73. The smallest absolute Gasteiger partial charge is 0.161 e. The van der Waals surface area contributed by atoms with E-state index in [4.69, 9.17) is 9.47 Å². The van der Waals surface area contributed by atoms with Crippen molar-refractivity contribution in [3.8, 4) is 11.5 Å². The Bertz CT molecular complexity index is 594. The van der Waals surface area contributed by atoms with E-state index in [1.807, 2.05) is 30.5 Å². The molecular formula is C17H26ClN3O2. The average molecular weight is 340 g/mol. The summed E-state index contributed by atoms with van der Waals surface area (Å²) in [4.78, 5) is 0. The number of rotatable bonds is 7. The normalized spacial score (nSPS) is 11.0. The van der Waals surface area contributed by atoms with Crippen molar-refractivity contribution >= 4 is 12.4 Å². The number of methoxy groups -OCH3 is 1. The van der Waals surface area contributed by atoms with E-state index in [0.29, 0.717) is 6.61 Å². The Morgan fingerprint density at radius 1 is 1.17 bits per heavy atom. The Morgan fingerprint density at radius 2 is 1.87 bits per heavy atom.